The van der Waals surface area contributed by atoms with Gasteiger partial charge in [0.15, 0.2) is 0 Å². The van der Waals surface area contributed by atoms with E-state index in [1.807, 2.05) is 26.3 Å². The van der Waals surface area contributed by atoms with Gasteiger partial charge >= 0.3 is 0 Å². The van der Waals surface area contributed by atoms with Crippen molar-refractivity contribution >= 4 is 23.4 Å². The summed E-state index contributed by atoms with van der Waals surface area (Å²) in [6, 6.07) is 1.83. The maximum Gasteiger partial charge on any atom is 0.257 e. The Morgan fingerprint density at radius 3 is 3.00 bits per heavy atom. The average molecular weight is 253 g/mol. The standard InChI is InChI=1S/C12H19N3OS/c1-4-14-11-5-6-13-9-10(11)12(16)15(2)7-8-17-3/h5-6,9H,4,7-8H2,1-3H3,(H,13,14). The van der Waals surface area contributed by atoms with E-state index in [9.17, 15) is 4.79 Å². The smallest absolute Gasteiger partial charge is 0.257 e. The van der Waals surface area contributed by atoms with Crippen molar-refractivity contribution < 1.29 is 4.79 Å². The maximum atomic E-state index is 12.2. The Hall–Kier alpha value is -1.23. The summed E-state index contributed by atoms with van der Waals surface area (Å²) < 4.78 is 0. The van der Waals surface area contributed by atoms with Gasteiger partial charge in [0, 0.05) is 38.3 Å². The molecule has 0 aliphatic heterocycles. The highest BCUT2D eigenvalue weighted by atomic mass is 32.2. The molecule has 0 unspecified atom stereocenters. The molecule has 0 fully saturated rings. The summed E-state index contributed by atoms with van der Waals surface area (Å²) in [5.41, 5.74) is 1.49. The van der Waals surface area contributed by atoms with E-state index in [-0.39, 0.29) is 5.91 Å². The van der Waals surface area contributed by atoms with Gasteiger partial charge in [-0.1, -0.05) is 0 Å². The van der Waals surface area contributed by atoms with Crippen LogP contribution >= 0.6 is 11.8 Å². The molecule has 1 N–H and O–H groups in total. The van der Waals surface area contributed by atoms with Gasteiger partial charge in [0.1, 0.15) is 0 Å². The van der Waals surface area contributed by atoms with Crippen molar-refractivity contribution in [2.45, 2.75) is 6.92 Å². The van der Waals surface area contributed by atoms with E-state index in [1.165, 1.54) is 0 Å². The molecule has 1 heterocycles. The van der Waals surface area contributed by atoms with Crippen LogP contribution in [0.1, 0.15) is 17.3 Å². The second-order valence-corrected chi connectivity index (χ2v) is 4.66. The summed E-state index contributed by atoms with van der Waals surface area (Å²) in [5, 5.41) is 3.18. The summed E-state index contributed by atoms with van der Waals surface area (Å²) in [6.45, 7) is 3.55. The van der Waals surface area contributed by atoms with Gasteiger partial charge in [-0.3, -0.25) is 9.78 Å². The molecule has 1 amide bonds. The number of carbonyl (C=O) groups excluding carboxylic acids is 1. The molecule has 0 aliphatic carbocycles. The van der Waals surface area contributed by atoms with Crippen molar-refractivity contribution in [3.8, 4) is 0 Å². The zero-order valence-corrected chi connectivity index (χ0v) is 11.4. The van der Waals surface area contributed by atoms with Crippen molar-refractivity contribution in [1.29, 1.82) is 0 Å². The van der Waals surface area contributed by atoms with Gasteiger partial charge in [0.2, 0.25) is 0 Å². The molecule has 0 radical (unpaired) electrons. The summed E-state index contributed by atoms with van der Waals surface area (Å²) in [7, 11) is 1.82. The van der Waals surface area contributed by atoms with Crippen molar-refractivity contribution in [2.75, 3.05) is 37.5 Å². The molecule has 0 aromatic carbocycles. The van der Waals surface area contributed by atoms with E-state index in [0.29, 0.717) is 5.56 Å². The lowest BCUT2D eigenvalue weighted by Crippen LogP contribution is -2.29. The quantitative estimate of drug-likeness (QED) is 0.841. The minimum atomic E-state index is 0.0168. The predicted molar refractivity (Wildman–Crippen MR) is 73.7 cm³/mol. The number of carbonyl (C=O) groups is 1. The van der Waals surface area contributed by atoms with Crippen LogP contribution in [0.25, 0.3) is 0 Å². The van der Waals surface area contributed by atoms with Crippen LogP contribution in [0, 0.1) is 0 Å². The maximum absolute atomic E-state index is 12.2. The summed E-state index contributed by atoms with van der Waals surface area (Å²) in [5.74, 6) is 0.960. The lowest BCUT2D eigenvalue weighted by molar-refractivity contribution is 0.0804. The molecule has 0 bridgehead atoms. The summed E-state index contributed by atoms with van der Waals surface area (Å²) in [4.78, 5) is 17.9. The molecule has 1 aromatic heterocycles. The predicted octanol–water partition coefficient (Wildman–Crippen LogP) is 1.95. The first-order valence-electron chi connectivity index (χ1n) is 5.63. The fourth-order valence-electron chi connectivity index (χ4n) is 1.44. The van der Waals surface area contributed by atoms with Crippen molar-refractivity contribution in [1.82, 2.24) is 9.88 Å². The first-order chi connectivity index (χ1) is 8.20. The third kappa shape index (κ3) is 3.93. The van der Waals surface area contributed by atoms with E-state index in [0.717, 1.165) is 24.5 Å². The number of pyridine rings is 1. The van der Waals surface area contributed by atoms with Gasteiger partial charge in [-0.25, -0.2) is 0 Å². The Morgan fingerprint density at radius 2 is 2.35 bits per heavy atom. The van der Waals surface area contributed by atoms with Crippen LogP contribution in [-0.2, 0) is 0 Å². The van der Waals surface area contributed by atoms with Crippen LogP contribution in [0.2, 0.25) is 0 Å². The Kier molecular flexibility index (Phi) is 5.83. The fraction of sp³-hybridized carbons (Fsp3) is 0.500. The summed E-state index contributed by atoms with van der Waals surface area (Å²) in [6.07, 6.45) is 5.35. The largest absolute Gasteiger partial charge is 0.385 e. The fourth-order valence-corrected chi connectivity index (χ4v) is 1.90. The second kappa shape index (κ2) is 7.17. The number of aromatic nitrogens is 1. The second-order valence-electron chi connectivity index (χ2n) is 3.67. The Morgan fingerprint density at radius 1 is 1.59 bits per heavy atom. The number of rotatable bonds is 6. The first-order valence-corrected chi connectivity index (χ1v) is 7.02. The zero-order valence-electron chi connectivity index (χ0n) is 10.6. The van der Waals surface area contributed by atoms with Crippen LogP contribution in [0.3, 0.4) is 0 Å². The molecule has 0 aliphatic rings. The van der Waals surface area contributed by atoms with Crippen molar-refractivity contribution in [3.63, 3.8) is 0 Å². The van der Waals surface area contributed by atoms with Gasteiger partial charge in [-0.2, -0.15) is 11.8 Å². The summed E-state index contributed by atoms with van der Waals surface area (Å²) >= 11 is 1.73. The van der Waals surface area contributed by atoms with Gasteiger partial charge in [-0.15, -0.1) is 0 Å². The van der Waals surface area contributed by atoms with Crippen LogP contribution in [0.15, 0.2) is 18.5 Å². The Bertz CT molecular complexity index is 371. The molecule has 5 heteroatoms. The molecule has 1 aromatic rings. The molecule has 4 nitrogen and oxygen atoms in total. The third-order valence-corrected chi connectivity index (χ3v) is 2.99. The lowest BCUT2D eigenvalue weighted by Gasteiger charge is -2.18. The molecule has 0 spiro atoms. The zero-order chi connectivity index (χ0) is 12.7. The number of hydrogen-bond donors (Lipinski definition) is 1. The minimum Gasteiger partial charge on any atom is -0.385 e. The normalized spacial score (nSPS) is 10.1. The van der Waals surface area contributed by atoms with Gasteiger partial charge in [0.25, 0.3) is 5.91 Å². The molecule has 94 valence electrons. The highest BCUT2D eigenvalue weighted by Gasteiger charge is 2.15. The van der Waals surface area contributed by atoms with E-state index in [1.54, 1.807) is 29.1 Å². The number of amides is 1. The molecule has 0 saturated heterocycles. The lowest BCUT2D eigenvalue weighted by atomic mass is 10.2. The van der Waals surface area contributed by atoms with Crippen LogP contribution in [0.5, 0.6) is 0 Å². The first kappa shape index (κ1) is 13.8. The highest BCUT2D eigenvalue weighted by molar-refractivity contribution is 7.98. The molecular weight excluding hydrogens is 234 g/mol. The van der Waals surface area contributed by atoms with Crippen LogP contribution < -0.4 is 5.32 Å². The van der Waals surface area contributed by atoms with Crippen molar-refractivity contribution in [2.24, 2.45) is 0 Å². The average Bonchev–Trinajstić information content (AvgIpc) is 2.36. The van der Waals surface area contributed by atoms with Crippen molar-refractivity contribution in [3.05, 3.63) is 24.0 Å². The van der Waals surface area contributed by atoms with Gasteiger partial charge in [-0.05, 0) is 19.2 Å². The number of anilines is 1. The van der Waals surface area contributed by atoms with E-state index in [4.69, 9.17) is 0 Å². The Labute approximate surface area is 107 Å². The highest BCUT2D eigenvalue weighted by Crippen LogP contribution is 2.15. The topological polar surface area (TPSA) is 45.2 Å². The van der Waals surface area contributed by atoms with Crippen LogP contribution in [-0.4, -0.2) is 47.9 Å². The monoisotopic (exact) mass is 253 g/mol. The van der Waals surface area contributed by atoms with E-state index in [2.05, 4.69) is 10.3 Å². The van der Waals surface area contributed by atoms with E-state index < -0.39 is 0 Å². The Balaban J connectivity index is 2.80. The number of thioether (sulfide) groups is 1. The number of hydrogen-bond acceptors (Lipinski definition) is 4. The minimum absolute atomic E-state index is 0.0168. The van der Waals surface area contributed by atoms with E-state index >= 15 is 0 Å². The molecule has 17 heavy (non-hydrogen) atoms. The number of nitrogens with one attached hydrogen (secondary N) is 1. The molecular formula is C12H19N3OS. The third-order valence-electron chi connectivity index (χ3n) is 2.40. The molecule has 1 rings (SSSR count). The molecule has 0 atom stereocenters. The van der Waals surface area contributed by atoms with Gasteiger partial charge in [0.05, 0.1) is 11.3 Å². The SMILES string of the molecule is CCNc1ccncc1C(=O)N(C)CCSC. The number of nitrogens with zero attached hydrogens (tertiary/aromatic N) is 2. The molecule has 0 saturated carbocycles. The van der Waals surface area contributed by atoms with Gasteiger partial charge < -0.3 is 10.2 Å². The van der Waals surface area contributed by atoms with Crippen LogP contribution in [0.4, 0.5) is 5.69 Å².